The molecule has 1 aliphatic rings. The summed E-state index contributed by atoms with van der Waals surface area (Å²) in [6.07, 6.45) is 6.03. The maximum absolute atomic E-state index is 11.4. The van der Waals surface area contributed by atoms with Gasteiger partial charge in [-0.25, -0.2) is 13.1 Å². The molecule has 1 aliphatic carbocycles. The summed E-state index contributed by atoms with van der Waals surface area (Å²) in [4.78, 5) is 0. The van der Waals surface area contributed by atoms with Gasteiger partial charge in [-0.05, 0) is 49.1 Å². The first-order chi connectivity index (χ1) is 11.0. The molecule has 23 heavy (non-hydrogen) atoms. The van der Waals surface area contributed by atoms with Crippen molar-refractivity contribution in [3.8, 4) is 0 Å². The molecular formula is C19H35NO2S. The van der Waals surface area contributed by atoms with Gasteiger partial charge in [-0.2, -0.15) is 0 Å². The van der Waals surface area contributed by atoms with E-state index in [1.165, 1.54) is 36.8 Å². The summed E-state index contributed by atoms with van der Waals surface area (Å²) in [5.74, 6) is 1.74. The van der Waals surface area contributed by atoms with Gasteiger partial charge in [-0.15, -0.1) is 0 Å². The van der Waals surface area contributed by atoms with E-state index >= 15 is 0 Å². The number of rotatable bonds is 6. The molecule has 0 aromatic heterocycles. The lowest BCUT2D eigenvalue weighted by Gasteiger charge is -2.26. The van der Waals surface area contributed by atoms with E-state index in [0.29, 0.717) is 12.5 Å². The molecule has 0 atom stereocenters. The fraction of sp³-hybridized carbons (Fsp3) is 0.684. The van der Waals surface area contributed by atoms with Gasteiger partial charge in [0.05, 0.1) is 5.75 Å². The number of hydrogen-bond donors (Lipinski definition) is 1. The van der Waals surface area contributed by atoms with Crippen LogP contribution >= 0.6 is 0 Å². The van der Waals surface area contributed by atoms with Crippen LogP contribution < -0.4 is 4.72 Å². The van der Waals surface area contributed by atoms with Gasteiger partial charge in [0, 0.05) is 7.97 Å². The molecule has 2 rings (SSSR count). The Balaban J connectivity index is 0.00000170. The molecule has 0 bridgehead atoms. The number of nitrogens with one attached hydrogen (secondary N) is 1. The second-order valence-electron chi connectivity index (χ2n) is 6.25. The van der Waals surface area contributed by atoms with Gasteiger partial charge in [0.25, 0.3) is 0 Å². The maximum Gasteiger partial charge on any atom is 0.211 e. The molecular weight excluding hydrogens is 306 g/mol. The minimum atomic E-state index is -3.07. The molecule has 0 heterocycles. The zero-order valence-electron chi connectivity index (χ0n) is 15.1. The first-order valence-corrected chi connectivity index (χ1v) is 10.7. The van der Waals surface area contributed by atoms with Crippen LogP contribution in [-0.4, -0.2) is 20.7 Å². The lowest BCUT2D eigenvalue weighted by Crippen LogP contribution is -2.27. The fourth-order valence-electron chi connectivity index (χ4n) is 3.00. The summed E-state index contributed by atoms with van der Waals surface area (Å²) >= 11 is 0. The van der Waals surface area contributed by atoms with Crippen LogP contribution in [0.3, 0.4) is 0 Å². The van der Waals surface area contributed by atoms with E-state index < -0.39 is 10.0 Å². The van der Waals surface area contributed by atoms with Crippen molar-refractivity contribution in [3.63, 3.8) is 0 Å². The minimum Gasteiger partial charge on any atom is -0.215 e. The summed E-state index contributed by atoms with van der Waals surface area (Å²) in [6, 6.07) is 8.75. The van der Waals surface area contributed by atoms with Crippen LogP contribution in [-0.2, 0) is 16.4 Å². The number of sulfonamides is 1. The Bertz CT molecular complexity index is 535. The molecule has 0 radical (unpaired) electrons. The topological polar surface area (TPSA) is 46.2 Å². The van der Waals surface area contributed by atoms with Crippen molar-refractivity contribution in [2.24, 2.45) is 5.92 Å². The smallest absolute Gasteiger partial charge is 0.211 e. The molecule has 0 aliphatic heterocycles. The van der Waals surface area contributed by atoms with E-state index in [0.717, 1.165) is 12.3 Å². The summed E-state index contributed by atoms with van der Waals surface area (Å²) in [5, 5.41) is 0. The molecule has 0 amide bonds. The van der Waals surface area contributed by atoms with Crippen molar-refractivity contribution < 1.29 is 9.84 Å². The van der Waals surface area contributed by atoms with Crippen LogP contribution in [0.2, 0.25) is 0 Å². The molecule has 1 fully saturated rings. The molecule has 1 aromatic carbocycles. The Hall–Kier alpha value is -0.870. The SMILES string of the molecule is CC.CCS(=O)(=O)NCCc1ccc(C2CCC(C)CC2)cc1.[HH]. The average Bonchev–Trinajstić information content (AvgIpc) is 2.58. The maximum atomic E-state index is 11.4. The highest BCUT2D eigenvalue weighted by molar-refractivity contribution is 7.89. The highest BCUT2D eigenvalue weighted by Crippen LogP contribution is 2.35. The van der Waals surface area contributed by atoms with Gasteiger partial charge in [-0.1, -0.05) is 57.9 Å². The van der Waals surface area contributed by atoms with Crippen LogP contribution in [0, 0.1) is 5.92 Å². The highest BCUT2D eigenvalue weighted by atomic mass is 32.2. The Morgan fingerprint density at radius 1 is 1.09 bits per heavy atom. The first-order valence-electron chi connectivity index (χ1n) is 9.06. The highest BCUT2D eigenvalue weighted by Gasteiger charge is 2.19. The molecule has 0 spiro atoms. The average molecular weight is 342 g/mol. The molecule has 0 unspecified atom stereocenters. The molecule has 1 aromatic rings. The van der Waals surface area contributed by atoms with Gasteiger partial charge < -0.3 is 0 Å². The van der Waals surface area contributed by atoms with Crippen molar-refractivity contribution in [1.29, 1.82) is 0 Å². The second-order valence-corrected chi connectivity index (χ2v) is 8.34. The number of benzene rings is 1. The third-order valence-electron chi connectivity index (χ3n) is 4.58. The Morgan fingerprint density at radius 3 is 2.17 bits per heavy atom. The van der Waals surface area contributed by atoms with Crippen molar-refractivity contribution in [3.05, 3.63) is 35.4 Å². The third-order valence-corrected chi connectivity index (χ3v) is 5.99. The summed E-state index contributed by atoms with van der Waals surface area (Å²) < 4.78 is 25.3. The minimum absolute atomic E-state index is 0. The predicted octanol–water partition coefficient (Wildman–Crippen LogP) is 4.73. The van der Waals surface area contributed by atoms with Crippen LogP contribution in [0.4, 0.5) is 0 Å². The Morgan fingerprint density at radius 2 is 1.65 bits per heavy atom. The van der Waals surface area contributed by atoms with E-state index in [2.05, 4.69) is 35.9 Å². The third kappa shape index (κ3) is 7.05. The van der Waals surface area contributed by atoms with Gasteiger partial charge >= 0.3 is 0 Å². The molecule has 1 saturated carbocycles. The van der Waals surface area contributed by atoms with Crippen molar-refractivity contribution in [1.82, 2.24) is 4.72 Å². The number of hydrogen-bond acceptors (Lipinski definition) is 2. The molecule has 1 N–H and O–H groups in total. The van der Waals surface area contributed by atoms with Crippen molar-refractivity contribution >= 4 is 10.0 Å². The summed E-state index contributed by atoms with van der Waals surface area (Å²) in [5.41, 5.74) is 2.64. The molecule has 3 nitrogen and oxygen atoms in total. The van der Waals surface area contributed by atoms with Crippen LogP contribution in [0.5, 0.6) is 0 Å². The predicted molar refractivity (Wildman–Crippen MR) is 101 cm³/mol. The Labute approximate surface area is 144 Å². The van der Waals surface area contributed by atoms with Crippen molar-refractivity contribution in [2.45, 2.75) is 65.7 Å². The second kappa shape index (κ2) is 10.1. The van der Waals surface area contributed by atoms with E-state index in [-0.39, 0.29) is 7.18 Å². The molecule has 134 valence electrons. The van der Waals surface area contributed by atoms with Crippen LogP contribution in [0.25, 0.3) is 0 Å². The molecule has 4 heteroatoms. The lowest BCUT2D eigenvalue weighted by molar-refractivity contribution is 0.348. The zero-order valence-corrected chi connectivity index (χ0v) is 16.0. The van der Waals surface area contributed by atoms with Crippen molar-refractivity contribution in [2.75, 3.05) is 12.3 Å². The fourth-order valence-corrected chi connectivity index (χ4v) is 3.62. The van der Waals surface area contributed by atoms with Gasteiger partial charge in [0.2, 0.25) is 10.0 Å². The van der Waals surface area contributed by atoms with Gasteiger partial charge in [0.1, 0.15) is 0 Å². The van der Waals surface area contributed by atoms with E-state index in [1.54, 1.807) is 6.92 Å². The van der Waals surface area contributed by atoms with Gasteiger partial charge in [-0.3, -0.25) is 0 Å². The summed E-state index contributed by atoms with van der Waals surface area (Å²) in [7, 11) is -3.07. The standard InChI is InChI=1S/C17H27NO2S.C2H6.H2/c1-3-21(19,20)18-13-12-15-6-10-17(11-7-15)16-8-4-14(2)5-9-16;1-2;/h6-7,10-11,14,16,18H,3-5,8-9,12-13H2,1-2H3;1-2H3;1H. The Kier molecular flexibility index (Phi) is 8.85. The normalized spacial score (nSPS) is 21.4. The van der Waals surface area contributed by atoms with E-state index in [4.69, 9.17) is 0 Å². The van der Waals surface area contributed by atoms with Gasteiger partial charge in [0.15, 0.2) is 0 Å². The monoisotopic (exact) mass is 341 g/mol. The summed E-state index contributed by atoms with van der Waals surface area (Å²) in [6.45, 7) is 8.48. The van der Waals surface area contributed by atoms with Crippen LogP contribution in [0.15, 0.2) is 24.3 Å². The quantitative estimate of drug-likeness (QED) is 0.812. The zero-order chi connectivity index (χ0) is 17.3. The van der Waals surface area contributed by atoms with Crippen LogP contribution in [0.1, 0.15) is 71.8 Å². The lowest BCUT2D eigenvalue weighted by atomic mass is 9.79. The van der Waals surface area contributed by atoms with E-state index in [1.807, 2.05) is 13.8 Å². The molecule has 0 saturated heterocycles. The first kappa shape index (κ1) is 20.2. The van der Waals surface area contributed by atoms with E-state index in [9.17, 15) is 8.42 Å². The largest absolute Gasteiger partial charge is 0.215 e.